The van der Waals surface area contributed by atoms with Crippen molar-refractivity contribution in [3.63, 3.8) is 0 Å². The summed E-state index contributed by atoms with van der Waals surface area (Å²) in [6.07, 6.45) is 1.57. The fourth-order valence-corrected chi connectivity index (χ4v) is 3.93. The molecule has 2 aliphatic heterocycles. The lowest BCUT2D eigenvalue weighted by Gasteiger charge is -2.28. The fraction of sp³-hybridized carbons (Fsp3) is 0.455. The third-order valence-electron chi connectivity index (χ3n) is 5.68. The molecule has 7 nitrogen and oxygen atoms in total. The van der Waals surface area contributed by atoms with E-state index in [-0.39, 0.29) is 5.91 Å². The molecule has 2 aliphatic rings. The van der Waals surface area contributed by atoms with Crippen LogP contribution in [0.1, 0.15) is 33.6 Å². The molecule has 2 aromatic rings. The Hall–Kier alpha value is -2.64. The van der Waals surface area contributed by atoms with Gasteiger partial charge in [-0.2, -0.15) is 0 Å². The second kappa shape index (κ2) is 8.39. The maximum absolute atomic E-state index is 12.9. The molecule has 0 saturated carbocycles. The van der Waals surface area contributed by atoms with Gasteiger partial charge >= 0.3 is 0 Å². The van der Waals surface area contributed by atoms with Gasteiger partial charge in [-0.05, 0) is 48.6 Å². The van der Waals surface area contributed by atoms with Gasteiger partial charge in [0, 0.05) is 25.8 Å². The van der Waals surface area contributed by atoms with Crippen LogP contribution in [-0.2, 0) is 17.6 Å². The molecule has 1 saturated heterocycles. The largest absolute Gasteiger partial charge is 0.497 e. The Morgan fingerprint density at radius 2 is 2.17 bits per heavy atom. The average Bonchev–Trinajstić information content (AvgIpc) is 3.11. The Kier molecular flexibility index (Phi) is 5.69. The number of likely N-dealkylation sites (N-methyl/N-ethyl adjacent to an activating group) is 1. The van der Waals surface area contributed by atoms with E-state index in [1.54, 1.807) is 7.11 Å². The van der Waals surface area contributed by atoms with Gasteiger partial charge in [-0.3, -0.25) is 4.79 Å². The lowest BCUT2D eigenvalue weighted by atomic mass is 9.98. The zero-order valence-electron chi connectivity index (χ0n) is 16.9. The second-order valence-electron chi connectivity index (χ2n) is 7.68. The maximum atomic E-state index is 12.9. The van der Waals surface area contributed by atoms with Gasteiger partial charge in [-0.25, -0.2) is 4.98 Å². The van der Waals surface area contributed by atoms with E-state index in [0.717, 1.165) is 42.1 Å². The minimum Gasteiger partial charge on any atom is -0.497 e. The Balaban J connectivity index is 1.60. The van der Waals surface area contributed by atoms with Crippen molar-refractivity contribution in [2.24, 2.45) is 0 Å². The molecule has 0 aliphatic carbocycles. The van der Waals surface area contributed by atoms with Crippen molar-refractivity contribution in [2.75, 3.05) is 38.8 Å². The molecule has 3 heterocycles. The first-order valence-electron chi connectivity index (χ1n) is 9.98. The number of nitrogens with one attached hydrogen (secondary N) is 1. The standard InChI is InChI=1S/C22H27N3O4/c1-25-9-7-17-15(11-14-3-5-16(28-2)6-4-14)12-18(23-21(17)25)22(27)24-19-13-29-10-8-20(19)26/h3-6,12,19-20,26H,7-11,13H2,1-2H3,(H,24,27)/t19-,20-/m0/s1. The van der Waals surface area contributed by atoms with Crippen molar-refractivity contribution in [1.29, 1.82) is 0 Å². The number of ether oxygens (including phenoxy) is 2. The van der Waals surface area contributed by atoms with E-state index in [0.29, 0.717) is 25.3 Å². The highest BCUT2D eigenvalue weighted by atomic mass is 16.5. The number of anilines is 1. The number of aliphatic hydroxyl groups is 1. The molecular weight excluding hydrogens is 370 g/mol. The molecule has 7 heteroatoms. The number of amides is 1. The van der Waals surface area contributed by atoms with E-state index in [9.17, 15) is 9.90 Å². The van der Waals surface area contributed by atoms with Crippen LogP contribution in [-0.4, -0.2) is 62.1 Å². The van der Waals surface area contributed by atoms with E-state index >= 15 is 0 Å². The van der Waals surface area contributed by atoms with Gasteiger partial charge in [-0.1, -0.05) is 12.1 Å². The number of carbonyl (C=O) groups excluding carboxylic acids is 1. The number of fused-ring (bicyclic) bond motifs is 1. The Labute approximate surface area is 170 Å². The Bertz CT molecular complexity index is 884. The van der Waals surface area contributed by atoms with Crippen LogP contribution in [0.5, 0.6) is 5.75 Å². The number of hydrogen-bond acceptors (Lipinski definition) is 6. The predicted octanol–water partition coefficient (Wildman–Crippen LogP) is 1.55. The minimum atomic E-state index is -0.594. The first-order chi connectivity index (χ1) is 14.0. The van der Waals surface area contributed by atoms with Gasteiger partial charge < -0.3 is 24.8 Å². The molecular formula is C22H27N3O4. The molecule has 2 atom stereocenters. The van der Waals surface area contributed by atoms with Crippen LogP contribution in [0.15, 0.2) is 30.3 Å². The first-order valence-corrected chi connectivity index (χ1v) is 9.98. The molecule has 1 aromatic heterocycles. The van der Waals surface area contributed by atoms with Gasteiger partial charge in [0.15, 0.2) is 0 Å². The number of benzene rings is 1. The maximum Gasteiger partial charge on any atom is 0.270 e. The third-order valence-corrected chi connectivity index (χ3v) is 5.68. The number of rotatable bonds is 5. The molecule has 0 bridgehead atoms. The summed E-state index contributed by atoms with van der Waals surface area (Å²) < 4.78 is 10.6. The van der Waals surface area contributed by atoms with Crippen molar-refractivity contribution >= 4 is 11.7 Å². The van der Waals surface area contributed by atoms with Gasteiger partial charge in [0.1, 0.15) is 17.3 Å². The van der Waals surface area contributed by atoms with E-state index in [1.165, 1.54) is 5.56 Å². The van der Waals surface area contributed by atoms with Crippen molar-refractivity contribution in [3.8, 4) is 5.75 Å². The molecule has 4 rings (SSSR count). The summed E-state index contributed by atoms with van der Waals surface area (Å²) in [6.45, 7) is 1.72. The van der Waals surface area contributed by atoms with E-state index < -0.39 is 12.1 Å². The van der Waals surface area contributed by atoms with Gasteiger partial charge in [0.2, 0.25) is 0 Å². The van der Waals surface area contributed by atoms with Gasteiger partial charge in [0.05, 0.1) is 25.9 Å². The number of methoxy groups -OCH3 is 1. The topological polar surface area (TPSA) is 83.9 Å². The molecule has 154 valence electrons. The third kappa shape index (κ3) is 4.21. The molecule has 0 spiro atoms. The molecule has 1 fully saturated rings. The predicted molar refractivity (Wildman–Crippen MR) is 110 cm³/mol. The number of aromatic nitrogens is 1. The number of carbonyl (C=O) groups is 1. The molecule has 29 heavy (non-hydrogen) atoms. The summed E-state index contributed by atoms with van der Waals surface area (Å²) in [5.41, 5.74) is 3.83. The summed E-state index contributed by atoms with van der Waals surface area (Å²) >= 11 is 0. The minimum absolute atomic E-state index is 0.279. The van der Waals surface area contributed by atoms with E-state index in [2.05, 4.69) is 15.2 Å². The summed E-state index contributed by atoms with van der Waals surface area (Å²) in [5.74, 6) is 1.40. The van der Waals surface area contributed by atoms with Crippen LogP contribution >= 0.6 is 0 Å². The molecule has 0 radical (unpaired) electrons. The monoisotopic (exact) mass is 397 g/mol. The van der Waals surface area contributed by atoms with E-state index in [4.69, 9.17) is 9.47 Å². The average molecular weight is 397 g/mol. The number of hydrogen-bond donors (Lipinski definition) is 2. The van der Waals surface area contributed by atoms with Crippen LogP contribution in [0.4, 0.5) is 5.82 Å². The number of aliphatic hydroxyl groups excluding tert-OH is 1. The lowest BCUT2D eigenvalue weighted by Crippen LogP contribution is -2.49. The fourth-order valence-electron chi connectivity index (χ4n) is 3.93. The van der Waals surface area contributed by atoms with Crippen LogP contribution in [0.3, 0.4) is 0 Å². The van der Waals surface area contributed by atoms with Crippen LogP contribution in [0.2, 0.25) is 0 Å². The normalized spacial score (nSPS) is 21.0. The zero-order chi connectivity index (χ0) is 20.4. The summed E-state index contributed by atoms with van der Waals surface area (Å²) in [4.78, 5) is 19.6. The van der Waals surface area contributed by atoms with Crippen LogP contribution < -0.4 is 15.0 Å². The van der Waals surface area contributed by atoms with Crippen LogP contribution in [0.25, 0.3) is 0 Å². The Morgan fingerprint density at radius 1 is 1.38 bits per heavy atom. The van der Waals surface area contributed by atoms with E-state index in [1.807, 2.05) is 37.4 Å². The quantitative estimate of drug-likeness (QED) is 0.797. The molecule has 2 N–H and O–H groups in total. The SMILES string of the molecule is COc1ccc(Cc2cc(C(=O)N[C@H]3COCC[C@@H]3O)nc3c2CCN3C)cc1. The molecule has 1 amide bonds. The summed E-state index contributed by atoms with van der Waals surface area (Å²) in [6, 6.07) is 9.45. The van der Waals surface area contributed by atoms with Crippen LogP contribution in [0, 0.1) is 0 Å². The number of pyridine rings is 1. The highest BCUT2D eigenvalue weighted by Crippen LogP contribution is 2.30. The first kappa shape index (κ1) is 19.7. The molecule has 1 aromatic carbocycles. The highest BCUT2D eigenvalue weighted by molar-refractivity contribution is 5.93. The lowest BCUT2D eigenvalue weighted by molar-refractivity contribution is -0.0140. The Morgan fingerprint density at radius 3 is 2.90 bits per heavy atom. The molecule has 0 unspecified atom stereocenters. The van der Waals surface area contributed by atoms with Crippen molar-refractivity contribution < 1.29 is 19.4 Å². The summed E-state index contributed by atoms with van der Waals surface area (Å²) in [7, 11) is 3.65. The van der Waals surface area contributed by atoms with Crippen molar-refractivity contribution in [3.05, 3.63) is 52.7 Å². The highest BCUT2D eigenvalue weighted by Gasteiger charge is 2.28. The van der Waals surface area contributed by atoms with Gasteiger partial charge in [0.25, 0.3) is 5.91 Å². The smallest absolute Gasteiger partial charge is 0.270 e. The zero-order valence-corrected chi connectivity index (χ0v) is 16.9. The van der Waals surface area contributed by atoms with Crippen molar-refractivity contribution in [1.82, 2.24) is 10.3 Å². The number of nitrogens with zero attached hydrogens (tertiary/aromatic N) is 2. The van der Waals surface area contributed by atoms with Crippen molar-refractivity contribution in [2.45, 2.75) is 31.4 Å². The van der Waals surface area contributed by atoms with Gasteiger partial charge in [-0.15, -0.1) is 0 Å². The summed E-state index contributed by atoms with van der Waals surface area (Å²) in [5, 5.41) is 13.0. The second-order valence-corrected chi connectivity index (χ2v) is 7.68.